The highest BCUT2D eigenvalue weighted by molar-refractivity contribution is 5.97. The van der Waals surface area contributed by atoms with Crippen LogP contribution in [-0.4, -0.2) is 48.1 Å². The highest BCUT2D eigenvalue weighted by atomic mass is 19.4. The van der Waals surface area contributed by atoms with E-state index in [1.807, 2.05) is 0 Å². The molecule has 2 aromatic carbocycles. The van der Waals surface area contributed by atoms with Crippen molar-refractivity contribution in [2.45, 2.75) is 37.5 Å². The van der Waals surface area contributed by atoms with Gasteiger partial charge in [-0.2, -0.15) is 13.2 Å². The van der Waals surface area contributed by atoms with Crippen LogP contribution < -0.4 is 10.1 Å². The molecule has 0 aliphatic carbocycles. The van der Waals surface area contributed by atoms with Gasteiger partial charge in [0.1, 0.15) is 17.3 Å². The van der Waals surface area contributed by atoms with Crippen LogP contribution in [0.25, 0.3) is 10.9 Å². The van der Waals surface area contributed by atoms with E-state index in [1.165, 1.54) is 58.3 Å². The molecule has 186 valence electrons. The van der Waals surface area contributed by atoms with Gasteiger partial charge in [-0.3, -0.25) is 9.79 Å². The molecule has 3 aromatic rings. The largest absolute Gasteiger partial charge is 0.496 e. The minimum absolute atomic E-state index is 0.127. The number of benzene rings is 2. The van der Waals surface area contributed by atoms with E-state index in [-0.39, 0.29) is 22.7 Å². The minimum atomic E-state index is -5.08. The molecule has 6 nitrogen and oxygen atoms in total. The maximum Gasteiger partial charge on any atom is 0.422 e. The summed E-state index contributed by atoms with van der Waals surface area (Å²) in [6.07, 6.45) is -5.48. The Kier molecular flexibility index (Phi) is 7.16. The Morgan fingerprint density at radius 1 is 1.17 bits per heavy atom. The summed E-state index contributed by atoms with van der Waals surface area (Å²) in [5, 5.41) is 13.6. The number of pyridine rings is 1. The number of hydrogen-bond donors (Lipinski definition) is 2. The van der Waals surface area contributed by atoms with E-state index < -0.39 is 35.3 Å². The van der Waals surface area contributed by atoms with Crippen molar-refractivity contribution >= 4 is 28.7 Å². The van der Waals surface area contributed by atoms with Gasteiger partial charge in [0.05, 0.1) is 18.3 Å². The van der Waals surface area contributed by atoms with E-state index in [0.29, 0.717) is 17.1 Å². The summed E-state index contributed by atoms with van der Waals surface area (Å²) in [4.78, 5) is 20.0. The van der Waals surface area contributed by atoms with E-state index in [2.05, 4.69) is 15.3 Å². The van der Waals surface area contributed by atoms with Crippen LogP contribution in [0.3, 0.4) is 0 Å². The van der Waals surface area contributed by atoms with Gasteiger partial charge in [-0.1, -0.05) is 19.9 Å². The summed E-state index contributed by atoms with van der Waals surface area (Å²) in [5.74, 6) is -0.857. The summed E-state index contributed by atoms with van der Waals surface area (Å²) in [7, 11) is 2.78. The average molecular weight is 491 g/mol. The lowest BCUT2D eigenvalue weighted by atomic mass is 9.74. The number of alkyl halides is 3. The molecule has 0 radical (unpaired) electrons. The SMILES string of the molecule is CNC(=O)c1ccc2c(/N=C/C(O)(CC(C)(C)c3cc(F)ccc3OC)C(F)(F)F)cccc2n1. The van der Waals surface area contributed by atoms with E-state index >= 15 is 0 Å². The molecule has 0 fully saturated rings. The third-order valence-corrected chi connectivity index (χ3v) is 5.68. The van der Waals surface area contributed by atoms with Crippen molar-refractivity contribution in [3.8, 4) is 5.75 Å². The Labute approximate surface area is 199 Å². The van der Waals surface area contributed by atoms with Gasteiger partial charge < -0.3 is 15.2 Å². The van der Waals surface area contributed by atoms with Gasteiger partial charge in [0.15, 0.2) is 5.60 Å². The number of rotatable bonds is 7. The van der Waals surface area contributed by atoms with E-state index in [9.17, 15) is 27.5 Å². The van der Waals surface area contributed by atoms with Gasteiger partial charge in [-0.15, -0.1) is 0 Å². The molecule has 35 heavy (non-hydrogen) atoms. The average Bonchev–Trinajstić information content (AvgIpc) is 2.80. The van der Waals surface area contributed by atoms with Crippen molar-refractivity contribution in [2.75, 3.05) is 14.2 Å². The zero-order chi connectivity index (χ0) is 26.0. The fraction of sp³-hybridized carbons (Fsp3) is 0.320. The molecule has 0 saturated carbocycles. The number of ether oxygens (including phenoxy) is 1. The van der Waals surface area contributed by atoms with E-state index in [0.717, 1.165) is 12.1 Å². The molecule has 1 atom stereocenters. The second-order valence-electron chi connectivity index (χ2n) is 8.70. The second kappa shape index (κ2) is 9.61. The highest BCUT2D eigenvalue weighted by Crippen LogP contribution is 2.43. The normalized spacial score (nSPS) is 14.2. The molecule has 0 aliphatic heterocycles. The smallest absolute Gasteiger partial charge is 0.422 e. The number of fused-ring (bicyclic) bond motifs is 1. The quantitative estimate of drug-likeness (QED) is 0.356. The van der Waals surface area contributed by atoms with E-state index in [4.69, 9.17) is 4.74 Å². The lowest BCUT2D eigenvalue weighted by Crippen LogP contribution is -2.50. The van der Waals surface area contributed by atoms with Crippen molar-refractivity contribution in [1.82, 2.24) is 10.3 Å². The number of carbonyl (C=O) groups is 1. The first-order chi connectivity index (χ1) is 16.3. The standard InChI is InChI=1S/C25H25F4N3O3/c1-23(2,17-12-15(26)8-11-21(17)35-4)13-24(34,25(27,28)29)14-31-18-6-5-7-19-16(18)9-10-20(32-19)22(33)30-3/h5-12,14,34H,13H2,1-4H3,(H,30,33)/b31-14+. The fourth-order valence-corrected chi connectivity index (χ4v) is 3.88. The van der Waals surface area contributed by atoms with Crippen LogP contribution >= 0.6 is 0 Å². The van der Waals surface area contributed by atoms with Crippen molar-refractivity contribution in [1.29, 1.82) is 0 Å². The van der Waals surface area contributed by atoms with Gasteiger partial charge in [-0.25, -0.2) is 9.37 Å². The molecular formula is C25H25F4N3O3. The van der Waals surface area contributed by atoms with Gasteiger partial charge in [0.25, 0.3) is 5.91 Å². The molecule has 0 bridgehead atoms. The summed E-state index contributed by atoms with van der Waals surface area (Å²) in [6, 6.07) is 11.1. The number of halogens is 4. The molecule has 1 heterocycles. The highest BCUT2D eigenvalue weighted by Gasteiger charge is 2.55. The number of amides is 1. The molecular weight excluding hydrogens is 466 g/mol. The predicted molar refractivity (Wildman–Crippen MR) is 125 cm³/mol. The Morgan fingerprint density at radius 2 is 1.89 bits per heavy atom. The maximum atomic E-state index is 14.1. The van der Waals surface area contributed by atoms with Crippen molar-refractivity contribution < 1.29 is 32.2 Å². The molecule has 0 spiro atoms. The Hall–Kier alpha value is -3.53. The third kappa shape index (κ3) is 5.43. The molecule has 1 amide bonds. The molecule has 1 aromatic heterocycles. The van der Waals surface area contributed by atoms with Gasteiger partial charge in [0.2, 0.25) is 0 Å². The van der Waals surface area contributed by atoms with Crippen LogP contribution in [-0.2, 0) is 5.41 Å². The number of nitrogens with one attached hydrogen (secondary N) is 1. The van der Waals surface area contributed by atoms with Crippen molar-refractivity contribution in [3.05, 3.63) is 65.6 Å². The first-order valence-electron chi connectivity index (χ1n) is 10.6. The third-order valence-electron chi connectivity index (χ3n) is 5.68. The molecule has 10 heteroatoms. The summed E-state index contributed by atoms with van der Waals surface area (Å²) in [6.45, 7) is 2.91. The summed E-state index contributed by atoms with van der Waals surface area (Å²) < 4.78 is 61.4. The van der Waals surface area contributed by atoms with Gasteiger partial charge in [-0.05, 0) is 54.3 Å². The van der Waals surface area contributed by atoms with Crippen molar-refractivity contribution in [2.24, 2.45) is 4.99 Å². The topological polar surface area (TPSA) is 83.8 Å². The number of aliphatic hydroxyl groups is 1. The molecule has 0 saturated heterocycles. The summed E-state index contributed by atoms with van der Waals surface area (Å²) >= 11 is 0. The number of carbonyl (C=O) groups excluding carboxylic acids is 1. The zero-order valence-corrected chi connectivity index (χ0v) is 19.6. The summed E-state index contributed by atoms with van der Waals surface area (Å²) in [5.41, 5.74) is -3.91. The van der Waals surface area contributed by atoms with Crippen LogP contribution in [0.1, 0.15) is 36.3 Å². The van der Waals surface area contributed by atoms with Gasteiger partial charge >= 0.3 is 6.18 Å². The van der Waals surface area contributed by atoms with Crippen LogP contribution in [0, 0.1) is 5.82 Å². The van der Waals surface area contributed by atoms with Crippen LogP contribution in [0.2, 0.25) is 0 Å². The first-order valence-corrected chi connectivity index (χ1v) is 10.6. The second-order valence-corrected chi connectivity index (χ2v) is 8.70. The van der Waals surface area contributed by atoms with E-state index in [1.54, 1.807) is 6.07 Å². The monoisotopic (exact) mass is 491 g/mol. The van der Waals surface area contributed by atoms with Crippen LogP contribution in [0.4, 0.5) is 23.2 Å². The molecule has 0 aliphatic rings. The minimum Gasteiger partial charge on any atom is -0.496 e. The van der Waals surface area contributed by atoms with Crippen LogP contribution in [0.15, 0.2) is 53.5 Å². The first kappa shape index (κ1) is 26.1. The lowest BCUT2D eigenvalue weighted by molar-refractivity contribution is -0.234. The number of aromatic nitrogens is 1. The fourth-order valence-electron chi connectivity index (χ4n) is 3.88. The van der Waals surface area contributed by atoms with Crippen LogP contribution in [0.5, 0.6) is 5.75 Å². The zero-order valence-electron chi connectivity index (χ0n) is 19.6. The number of methoxy groups -OCH3 is 1. The number of aliphatic imine (C=N–C) groups is 1. The predicted octanol–water partition coefficient (Wildman–Crippen LogP) is 5.11. The molecule has 2 N–H and O–H groups in total. The Morgan fingerprint density at radius 3 is 2.51 bits per heavy atom. The molecule has 3 rings (SSSR count). The molecule has 1 unspecified atom stereocenters. The number of nitrogens with zero attached hydrogens (tertiary/aromatic N) is 2. The van der Waals surface area contributed by atoms with Crippen molar-refractivity contribution in [3.63, 3.8) is 0 Å². The Balaban J connectivity index is 2.03. The number of hydrogen-bond acceptors (Lipinski definition) is 5. The Bertz CT molecular complexity index is 1270. The van der Waals surface area contributed by atoms with Gasteiger partial charge in [0, 0.05) is 24.2 Å². The lowest BCUT2D eigenvalue weighted by Gasteiger charge is -2.36. The maximum absolute atomic E-state index is 14.1.